The van der Waals surface area contributed by atoms with Crippen molar-refractivity contribution in [2.24, 2.45) is 5.73 Å². The standard InChI is InChI=1S/C11H22N4O/c1-4-9(12)11-13-10(14-16-11)7-8-15(5-2)6-3/h9H,4-8,12H2,1-3H3/t9-/m1/s1. The van der Waals surface area contributed by atoms with E-state index in [2.05, 4.69) is 28.9 Å². The van der Waals surface area contributed by atoms with Crippen LogP contribution >= 0.6 is 0 Å². The fourth-order valence-corrected chi connectivity index (χ4v) is 1.49. The first kappa shape index (κ1) is 13.1. The summed E-state index contributed by atoms with van der Waals surface area (Å²) in [5, 5.41) is 3.93. The highest BCUT2D eigenvalue weighted by Gasteiger charge is 2.12. The monoisotopic (exact) mass is 226 g/mol. The first-order valence-corrected chi connectivity index (χ1v) is 6.01. The highest BCUT2D eigenvalue weighted by molar-refractivity contribution is 4.91. The van der Waals surface area contributed by atoms with E-state index >= 15 is 0 Å². The fraction of sp³-hybridized carbons (Fsp3) is 0.818. The molecule has 16 heavy (non-hydrogen) atoms. The third kappa shape index (κ3) is 3.57. The lowest BCUT2D eigenvalue weighted by Crippen LogP contribution is -2.25. The molecule has 0 radical (unpaired) electrons. The third-order valence-electron chi connectivity index (χ3n) is 2.79. The molecule has 1 aromatic rings. The zero-order valence-electron chi connectivity index (χ0n) is 10.4. The Morgan fingerprint density at radius 2 is 2.00 bits per heavy atom. The Balaban J connectivity index is 2.46. The first-order chi connectivity index (χ1) is 7.71. The van der Waals surface area contributed by atoms with Crippen LogP contribution in [0.15, 0.2) is 4.52 Å². The van der Waals surface area contributed by atoms with E-state index in [0.717, 1.165) is 38.3 Å². The van der Waals surface area contributed by atoms with Crippen molar-refractivity contribution in [3.8, 4) is 0 Å². The normalized spacial score (nSPS) is 13.3. The van der Waals surface area contributed by atoms with Gasteiger partial charge in [-0.3, -0.25) is 0 Å². The van der Waals surface area contributed by atoms with Crippen molar-refractivity contribution in [2.45, 2.75) is 39.7 Å². The highest BCUT2D eigenvalue weighted by atomic mass is 16.5. The van der Waals surface area contributed by atoms with Crippen LogP contribution in [-0.2, 0) is 6.42 Å². The van der Waals surface area contributed by atoms with Crippen LogP contribution in [0.5, 0.6) is 0 Å². The molecule has 5 nitrogen and oxygen atoms in total. The largest absolute Gasteiger partial charge is 0.338 e. The van der Waals surface area contributed by atoms with E-state index in [9.17, 15) is 0 Å². The SMILES string of the molecule is CC[C@@H](N)c1nc(CCN(CC)CC)no1. The predicted molar refractivity (Wildman–Crippen MR) is 63.0 cm³/mol. The molecular formula is C11H22N4O. The summed E-state index contributed by atoms with van der Waals surface area (Å²) in [5.74, 6) is 1.31. The van der Waals surface area contributed by atoms with Gasteiger partial charge in [0.25, 0.3) is 0 Å². The Morgan fingerprint density at radius 3 is 2.56 bits per heavy atom. The van der Waals surface area contributed by atoms with Crippen LogP contribution in [0.2, 0.25) is 0 Å². The smallest absolute Gasteiger partial charge is 0.243 e. The van der Waals surface area contributed by atoms with Gasteiger partial charge in [0, 0.05) is 13.0 Å². The molecule has 0 amide bonds. The van der Waals surface area contributed by atoms with E-state index in [1.807, 2.05) is 6.92 Å². The minimum absolute atomic E-state index is 0.130. The average Bonchev–Trinajstić information content (AvgIpc) is 2.78. The Kier molecular flexibility index (Phi) is 5.42. The van der Waals surface area contributed by atoms with Crippen molar-refractivity contribution < 1.29 is 4.52 Å². The van der Waals surface area contributed by atoms with Gasteiger partial charge in [0.1, 0.15) is 0 Å². The Hall–Kier alpha value is -0.940. The van der Waals surface area contributed by atoms with Crippen molar-refractivity contribution in [3.63, 3.8) is 0 Å². The first-order valence-electron chi connectivity index (χ1n) is 6.01. The van der Waals surface area contributed by atoms with E-state index in [1.54, 1.807) is 0 Å². The number of hydrogen-bond donors (Lipinski definition) is 1. The van der Waals surface area contributed by atoms with E-state index in [4.69, 9.17) is 10.3 Å². The molecule has 5 heteroatoms. The van der Waals surface area contributed by atoms with Gasteiger partial charge in [-0.2, -0.15) is 4.98 Å². The summed E-state index contributed by atoms with van der Waals surface area (Å²) >= 11 is 0. The van der Waals surface area contributed by atoms with Crippen LogP contribution in [-0.4, -0.2) is 34.7 Å². The van der Waals surface area contributed by atoms with Gasteiger partial charge in [-0.1, -0.05) is 25.9 Å². The summed E-state index contributed by atoms with van der Waals surface area (Å²) in [6, 6.07) is -0.130. The highest BCUT2D eigenvalue weighted by Crippen LogP contribution is 2.10. The second kappa shape index (κ2) is 6.60. The maximum absolute atomic E-state index is 5.81. The summed E-state index contributed by atoms with van der Waals surface area (Å²) in [4.78, 5) is 6.62. The zero-order chi connectivity index (χ0) is 12.0. The number of nitrogens with zero attached hydrogens (tertiary/aromatic N) is 3. The van der Waals surface area contributed by atoms with Crippen molar-refractivity contribution >= 4 is 0 Å². The van der Waals surface area contributed by atoms with Crippen LogP contribution in [0.3, 0.4) is 0 Å². The Bertz CT molecular complexity index is 296. The van der Waals surface area contributed by atoms with E-state index in [-0.39, 0.29) is 6.04 Å². The number of aromatic nitrogens is 2. The van der Waals surface area contributed by atoms with Crippen molar-refractivity contribution in [3.05, 3.63) is 11.7 Å². The molecule has 1 heterocycles. The second-order valence-corrected chi connectivity index (χ2v) is 3.84. The second-order valence-electron chi connectivity index (χ2n) is 3.84. The van der Waals surface area contributed by atoms with Crippen molar-refractivity contribution in [2.75, 3.05) is 19.6 Å². The summed E-state index contributed by atoms with van der Waals surface area (Å²) in [5.41, 5.74) is 5.81. The molecule has 1 aromatic heterocycles. The molecule has 0 aliphatic carbocycles. The fourth-order valence-electron chi connectivity index (χ4n) is 1.49. The molecule has 0 saturated heterocycles. The molecule has 0 unspecified atom stereocenters. The van der Waals surface area contributed by atoms with Crippen LogP contribution in [0.1, 0.15) is 44.9 Å². The zero-order valence-corrected chi connectivity index (χ0v) is 10.4. The van der Waals surface area contributed by atoms with Gasteiger partial charge in [-0.15, -0.1) is 0 Å². The van der Waals surface area contributed by atoms with Crippen LogP contribution in [0.25, 0.3) is 0 Å². The molecule has 2 N–H and O–H groups in total. The molecule has 1 atom stereocenters. The maximum Gasteiger partial charge on any atom is 0.243 e. The van der Waals surface area contributed by atoms with Gasteiger partial charge in [0.15, 0.2) is 5.82 Å². The van der Waals surface area contributed by atoms with E-state index in [0.29, 0.717) is 5.89 Å². The lowest BCUT2D eigenvalue weighted by atomic mass is 10.2. The molecule has 1 rings (SSSR count). The summed E-state index contributed by atoms with van der Waals surface area (Å²) in [6.07, 6.45) is 1.64. The molecule has 0 aliphatic heterocycles. The molecular weight excluding hydrogens is 204 g/mol. The number of nitrogens with two attached hydrogens (primary N) is 1. The quantitative estimate of drug-likeness (QED) is 0.760. The molecule has 0 saturated carbocycles. The van der Waals surface area contributed by atoms with Gasteiger partial charge in [-0.25, -0.2) is 0 Å². The Labute approximate surface area is 97.0 Å². The van der Waals surface area contributed by atoms with Crippen molar-refractivity contribution in [1.82, 2.24) is 15.0 Å². The minimum atomic E-state index is -0.130. The van der Waals surface area contributed by atoms with Crippen molar-refractivity contribution in [1.29, 1.82) is 0 Å². The lowest BCUT2D eigenvalue weighted by Gasteiger charge is -2.16. The lowest BCUT2D eigenvalue weighted by molar-refractivity contribution is 0.302. The molecule has 0 aliphatic rings. The van der Waals surface area contributed by atoms with Gasteiger partial charge in [0.2, 0.25) is 5.89 Å². The number of rotatable bonds is 7. The van der Waals surface area contributed by atoms with Crippen LogP contribution < -0.4 is 5.73 Å². The van der Waals surface area contributed by atoms with Gasteiger partial charge < -0.3 is 15.2 Å². The molecule has 0 aromatic carbocycles. The summed E-state index contributed by atoms with van der Waals surface area (Å²) in [6.45, 7) is 9.37. The molecule has 0 bridgehead atoms. The summed E-state index contributed by atoms with van der Waals surface area (Å²) in [7, 11) is 0. The number of hydrogen-bond acceptors (Lipinski definition) is 5. The minimum Gasteiger partial charge on any atom is -0.338 e. The van der Waals surface area contributed by atoms with Gasteiger partial charge in [-0.05, 0) is 19.5 Å². The molecule has 0 spiro atoms. The van der Waals surface area contributed by atoms with E-state index in [1.165, 1.54) is 0 Å². The summed E-state index contributed by atoms with van der Waals surface area (Å²) < 4.78 is 5.11. The predicted octanol–water partition coefficient (Wildman–Crippen LogP) is 1.36. The third-order valence-corrected chi connectivity index (χ3v) is 2.79. The molecule has 92 valence electrons. The number of likely N-dealkylation sites (N-methyl/N-ethyl adjacent to an activating group) is 1. The van der Waals surface area contributed by atoms with E-state index < -0.39 is 0 Å². The topological polar surface area (TPSA) is 68.2 Å². The van der Waals surface area contributed by atoms with Gasteiger partial charge >= 0.3 is 0 Å². The Morgan fingerprint density at radius 1 is 1.31 bits per heavy atom. The average molecular weight is 226 g/mol. The molecule has 0 fully saturated rings. The van der Waals surface area contributed by atoms with Gasteiger partial charge in [0.05, 0.1) is 6.04 Å². The maximum atomic E-state index is 5.81. The van der Waals surface area contributed by atoms with Crippen LogP contribution in [0.4, 0.5) is 0 Å². The van der Waals surface area contributed by atoms with Crippen LogP contribution in [0, 0.1) is 0 Å².